The number of nitrogens with zero attached hydrogens (tertiary/aromatic N) is 1. The first-order chi connectivity index (χ1) is 6.79. The SMILES string of the molecule is NCCCc1nc2ccc(O)cc2s1. The molecule has 0 bridgehead atoms. The molecule has 1 aromatic heterocycles. The van der Waals surface area contributed by atoms with Gasteiger partial charge in [0.1, 0.15) is 5.75 Å². The smallest absolute Gasteiger partial charge is 0.117 e. The molecule has 0 fully saturated rings. The summed E-state index contributed by atoms with van der Waals surface area (Å²) in [6.45, 7) is 0.696. The Hall–Kier alpha value is -1.13. The zero-order valence-electron chi connectivity index (χ0n) is 7.73. The molecule has 4 heteroatoms. The number of aromatic hydroxyl groups is 1. The largest absolute Gasteiger partial charge is 0.508 e. The molecule has 0 atom stereocenters. The van der Waals surface area contributed by atoms with E-state index in [1.165, 1.54) is 0 Å². The van der Waals surface area contributed by atoms with Gasteiger partial charge in [-0.15, -0.1) is 11.3 Å². The molecule has 2 rings (SSSR count). The maximum absolute atomic E-state index is 9.27. The van der Waals surface area contributed by atoms with Crippen molar-refractivity contribution in [1.29, 1.82) is 0 Å². The molecule has 0 saturated carbocycles. The van der Waals surface area contributed by atoms with Gasteiger partial charge in [-0.2, -0.15) is 0 Å². The van der Waals surface area contributed by atoms with Crippen molar-refractivity contribution in [2.75, 3.05) is 6.54 Å². The van der Waals surface area contributed by atoms with Crippen LogP contribution in [-0.2, 0) is 6.42 Å². The van der Waals surface area contributed by atoms with Crippen LogP contribution in [0.1, 0.15) is 11.4 Å². The minimum absolute atomic E-state index is 0.298. The summed E-state index contributed by atoms with van der Waals surface area (Å²) in [6, 6.07) is 5.25. The molecule has 0 saturated heterocycles. The monoisotopic (exact) mass is 208 g/mol. The topological polar surface area (TPSA) is 59.1 Å². The van der Waals surface area contributed by atoms with E-state index in [0.29, 0.717) is 12.3 Å². The van der Waals surface area contributed by atoms with Crippen LogP contribution in [0.3, 0.4) is 0 Å². The number of hydrogen-bond acceptors (Lipinski definition) is 4. The number of hydrogen-bond donors (Lipinski definition) is 2. The summed E-state index contributed by atoms with van der Waals surface area (Å²) in [5, 5.41) is 10.4. The fourth-order valence-corrected chi connectivity index (χ4v) is 2.36. The van der Waals surface area contributed by atoms with E-state index < -0.39 is 0 Å². The highest BCUT2D eigenvalue weighted by atomic mass is 32.1. The summed E-state index contributed by atoms with van der Waals surface area (Å²) >= 11 is 1.62. The van der Waals surface area contributed by atoms with Crippen molar-refractivity contribution < 1.29 is 5.11 Å². The molecule has 0 aliphatic rings. The quantitative estimate of drug-likeness (QED) is 0.809. The first-order valence-corrected chi connectivity index (χ1v) is 5.40. The second-order valence-electron chi connectivity index (χ2n) is 3.15. The molecule has 3 nitrogen and oxygen atoms in total. The minimum Gasteiger partial charge on any atom is -0.508 e. The van der Waals surface area contributed by atoms with Gasteiger partial charge in [0.15, 0.2) is 0 Å². The Morgan fingerprint density at radius 3 is 3.07 bits per heavy atom. The number of aromatic nitrogens is 1. The van der Waals surface area contributed by atoms with E-state index >= 15 is 0 Å². The first-order valence-electron chi connectivity index (χ1n) is 4.58. The van der Waals surface area contributed by atoms with E-state index in [0.717, 1.165) is 28.1 Å². The van der Waals surface area contributed by atoms with Crippen LogP contribution in [0.2, 0.25) is 0 Å². The minimum atomic E-state index is 0.298. The number of aryl methyl sites for hydroxylation is 1. The van der Waals surface area contributed by atoms with Crippen LogP contribution in [0.15, 0.2) is 18.2 Å². The molecule has 1 aromatic carbocycles. The van der Waals surface area contributed by atoms with E-state index in [9.17, 15) is 5.11 Å². The second-order valence-corrected chi connectivity index (χ2v) is 4.27. The van der Waals surface area contributed by atoms with Crippen molar-refractivity contribution in [1.82, 2.24) is 4.98 Å². The van der Waals surface area contributed by atoms with Gasteiger partial charge in [-0.25, -0.2) is 4.98 Å². The number of rotatable bonds is 3. The maximum Gasteiger partial charge on any atom is 0.117 e. The maximum atomic E-state index is 9.27. The zero-order valence-corrected chi connectivity index (χ0v) is 8.55. The van der Waals surface area contributed by atoms with Gasteiger partial charge < -0.3 is 10.8 Å². The van der Waals surface area contributed by atoms with Crippen LogP contribution in [-0.4, -0.2) is 16.6 Å². The molecular formula is C10H12N2OS. The third-order valence-electron chi connectivity index (χ3n) is 2.01. The second kappa shape index (κ2) is 3.94. The molecule has 74 valence electrons. The van der Waals surface area contributed by atoms with Gasteiger partial charge >= 0.3 is 0 Å². The molecule has 1 heterocycles. The molecular weight excluding hydrogens is 196 g/mol. The van der Waals surface area contributed by atoms with Crippen LogP contribution in [0.4, 0.5) is 0 Å². The summed E-state index contributed by atoms with van der Waals surface area (Å²) in [6.07, 6.45) is 1.89. The Morgan fingerprint density at radius 1 is 1.43 bits per heavy atom. The van der Waals surface area contributed by atoms with E-state index in [2.05, 4.69) is 4.98 Å². The number of benzene rings is 1. The summed E-state index contributed by atoms with van der Waals surface area (Å²) in [5.41, 5.74) is 6.39. The van der Waals surface area contributed by atoms with Crippen LogP contribution < -0.4 is 5.73 Å². The van der Waals surface area contributed by atoms with Crippen molar-refractivity contribution in [3.8, 4) is 5.75 Å². The molecule has 0 unspecified atom stereocenters. The van der Waals surface area contributed by atoms with E-state index in [4.69, 9.17) is 5.73 Å². The van der Waals surface area contributed by atoms with Crippen molar-refractivity contribution in [3.05, 3.63) is 23.2 Å². The van der Waals surface area contributed by atoms with Crippen LogP contribution in [0.25, 0.3) is 10.2 Å². The van der Waals surface area contributed by atoms with Gasteiger partial charge in [0, 0.05) is 6.42 Å². The van der Waals surface area contributed by atoms with Crippen LogP contribution in [0, 0.1) is 0 Å². The Labute approximate surface area is 86.2 Å². The lowest BCUT2D eigenvalue weighted by atomic mass is 10.3. The Bertz CT molecular complexity index is 439. The molecule has 0 amide bonds. The predicted molar refractivity (Wildman–Crippen MR) is 58.7 cm³/mol. The summed E-state index contributed by atoms with van der Waals surface area (Å²) in [4.78, 5) is 4.44. The number of phenolic OH excluding ortho intramolecular Hbond substituents is 1. The summed E-state index contributed by atoms with van der Waals surface area (Å²) < 4.78 is 1.04. The van der Waals surface area contributed by atoms with Crippen molar-refractivity contribution in [3.63, 3.8) is 0 Å². The molecule has 3 N–H and O–H groups in total. The van der Waals surface area contributed by atoms with Gasteiger partial charge in [-0.3, -0.25) is 0 Å². The fraction of sp³-hybridized carbons (Fsp3) is 0.300. The Kier molecular flexibility index (Phi) is 2.65. The van der Waals surface area contributed by atoms with Crippen molar-refractivity contribution >= 4 is 21.6 Å². The summed E-state index contributed by atoms with van der Waals surface area (Å²) in [7, 11) is 0. The third-order valence-corrected chi connectivity index (χ3v) is 3.09. The Balaban J connectivity index is 2.32. The predicted octanol–water partition coefficient (Wildman–Crippen LogP) is 1.89. The summed E-state index contributed by atoms with van der Waals surface area (Å²) in [5.74, 6) is 0.298. The fourth-order valence-electron chi connectivity index (χ4n) is 1.32. The highest BCUT2D eigenvalue weighted by Crippen LogP contribution is 2.26. The highest BCUT2D eigenvalue weighted by molar-refractivity contribution is 7.18. The lowest BCUT2D eigenvalue weighted by Crippen LogP contribution is -1.99. The van der Waals surface area contributed by atoms with Crippen LogP contribution in [0.5, 0.6) is 5.75 Å². The molecule has 0 radical (unpaired) electrons. The standard InChI is InChI=1S/C10H12N2OS/c11-5-1-2-10-12-8-4-3-7(13)6-9(8)14-10/h3-4,6,13H,1-2,5,11H2. The Morgan fingerprint density at radius 2 is 2.29 bits per heavy atom. The van der Waals surface area contributed by atoms with Crippen molar-refractivity contribution in [2.45, 2.75) is 12.8 Å². The normalized spacial score (nSPS) is 10.9. The van der Waals surface area contributed by atoms with Crippen LogP contribution >= 0.6 is 11.3 Å². The lowest BCUT2D eigenvalue weighted by Gasteiger charge is -1.89. The van der Waals surface area contributed by atoms with Gasteiger partial charge in [0.05, 0.1) is 15.2 Å². The van der Waals surface area contributed by atoms with Gasteiger partial charge in [-0.05, 0) is 31.2 Å². The van der Waals surface area contributed by atoms with Gasteiger partial charge in [0.25, 0.3) is 0 Å². The van der Waals surface area contributed by atoms with E-state index in [-0.39, 0.29) is 0 Å². The number of thiazole rings is 1. The van der Waals surface area contributed by atoms with E-state index in [1.54, 1.807) is 23.5 Å². The molecule has 2 aromatic rings. The zero-order chi connectivity index (χ0) is 9.97. The first kappa shape index (κ1) is 9.43. The van der Waals surface area contributed by atoms with E-state index in [1.807, 2.05) is 6.07 Å². The molecule has 0 spiro atoms. The number of phenols is 1. The molecule has 0 aliphatic carbocycles. The van der Waals surface area contributed by atoms with Gasteiger partial charge in [-0.1, -0.05) is 0 Å². The van der Waals surface area contributed by atoms with Gasteiger partial charge in [0.2, 0.25) is 0 Å². The molecule has 0 aliphatic heterocycles. The number of nitrogens with two attached hydrogens (primary N) is 1. The number of fused-ring (bicyclic) bond motifs is 1. The third kappa shape index (κ3) is 1.86. The average molecular weight is 208 g/mol. The van der Waals surface area contributed by atoms with Crippen molar-refractivity contribution in [2.24, 2.45) is 5.73 Å². The lowest BCUT2D eigenvalue weighted by molar-refractivity contribution is 0.476. The average Bonchev–Trinajstić information content (AvgIpc) is 2.56. The molecule has 14 heavy (non-hydrogen) atoms. The highest BCUT2D eigenvalue weighted by Gasteiger charge is 2.03.